The minimum Gasteiger partial charge on any atom is -0.310 e. The van der Waals surface area contributed by atoms with Crippen LogP contribution in [0.1, 0.15) is 16.7 Å². The zero-order valence-corrected chi connectivity index (χ0v) is 33.2. The Morgan fingerprint density at radius 2 is 0.952 bits per heavy atom. The molecule has 0 atom stereocenters. The van der Waals surface area contributed by atoms with Gasteiger partial charge in [-0.1, -0.05) is 91.0 Å². The average molecular weight is 792 g/mol. The predicted octanol–water partition coefficient (Wildman–Crippen LogP) is 13.3. The van der Waals surface area contributed by atoms with Crippen molar-refractivity contribution >= 4 is 38.9 Å². The molecule has 0 aliphatic rings. The molecule has 0 fully saturated rings. The second-order valence-electron chi connectivity index (χ2n) is 14.8. The Balaban J connectivity index is 1.02. The van der Waals surface area contributed by atoms with Crippen LogP contribution in [-0.2, 0) is 0 Å². The summed E-state index contributed by atoms with van der Waals surface area (Å²) in [5.74, 6) is 0.482. The third-order valence-corrected chi connectivity index (χ3v) is 11.1. The summed E-state index contributed by atoms with van der Waals surface area (Å²) in [5.41, 5.74) is 13.4. The second-order valence-corrected chi connectivity index (χ2v) is 14.8. The highest BCUT2D eigenvalue weighted by Gasteiger charge is 2.18. The minimum absolute atomic E-state index is 0.482. The van der Waals surface area contributed by atoms with Crippen molar-refractivity contribution in [2.75, 3.05) is 4.90 Å². The Bertz CT molecular complexity index is 3290. The average Bonchev–Trinajstić information content (AvgIpc) is 3.68. The van der Waals surface area contributed by atoms with E-state index in [0.29, 0.717) is 33.9 Å². The first-order valence-corrected chi connectivity index (χ1v) is 20.1. The summed E-state index contributed by atoms with van der Waals surface area (Å²) < 4.78 is 2.30. The topological polar surface area (TPSA) is 105 Å². The highest BCUT2D eigenvalue weighted by Crippen LogP contribution is 2.40. The van der Waals surface area contributed by atoms with Gasteiger partial charge in [0.25, 0.3) is 0 Å². The fraction of sp³-hybridized carbons (Fsp3) is 0. The molecule has 0 aliphatic heterocycles. The lowest BCUT2D eigenvalue weighted by Gasteiger charge is -2.25. The van der Waals surface area contributed by atoms with E-state index < -0.39 is 0 Å². The summed E-state index contributed by atoms with van der Waals surface area (Å²) in [5, 5.41) is 31.6. The first kappa shape index (κ1) is 37.2. The number of hydrogen-bond donors (Lipinski definition) is 0. The minimum atomic E-state index is 0.482. The molecule has 0 saturated carbocycles. The molecule has 62 heavy (non-hydrogen) atoms. The van der Waals surface area contributed by atoms with Gasteiger partial charge in [-0.15, -0.1) is 0 Å². The molecule has 0 bridgehead atoms. The van der Waals surface area contributed by atoms with E-state index >= 15 is 0 Å². The van der Waals surface area contributed by atoms with Crippen LogP contribution in [0.5, 0.6) is 0 Å². The molecule has 2 aromatic heterocycles. The standard InChI is InChI=1S/C55H33N7/c56-34-37-15-19-40(20-16-37)51-33-52(60-55(59-51)41-21-17-38(35-57)18-22-41)42-25-29-48(43(31-42)36-58)39-23-26-46(27-24-39)62-53-14-8-7-13-49(53)50-32-47(28-30-54(50)62)61(44-9-3-1-4-10-44)45-11-5-2-6-12-45/h1-33H. The maximum absolute atomic E-state index is 10.5. The smallest absolute Gasteiger partial charge is 0.160 e. The van der Waals surface area contributed by atoms with Crippen LogP contribution in [-0.4, -0.2) is 14.5 Å². The predicted molar refractivity (Wildman–Crippen MR) is 247 cm³/mol. The lowest BCUT2D eigenvalue weighted by molar-refractivity contribution is 1.18. The van der Waals surface area contributed by atoms with Gasteiger partial charge >= 0.3 is 0 Å². The molecule has 0 amide bonds. The van der Waals surface area contributed by atoms with E-state index in [1.54, 1.807) is 24.3 Å². The molecule has 7 nitrogen and oxygen atoms in total. The number of para-hydroxylation sites is 3. The van der Waals surface area contributed by atoms with Gasteiger partial charge in [-0.3, -0.25) is 0 Å². The molecule has 7 heteroatoms. The van der Waals surface area contributed by atoms with Crippen molar-refractivity contribution in [3.63, 3.8) is 0 Å². The molecule has 0 radical (unpaired) electrons. The molecular formula is C55H33N7. The Kier molecular flexibility index (Phi) is 9.56. The molecule has 8 aromatic carbocycles. The zero-order valence-electron chi connectivity index (χ0n) is 33.2. The third kappa shape index (κ3) is 6.87. The third-order valence-electron chi connectivity index (χ3n) is 11.1. The van der Waals surface area contributed by atoms with Crippen molar-refractivity contribution in [3.8, 4) is 68.9 Å². The summed E-state index contributed by atoms with van der Waals surface area (Å²) >= 11 is 0. The van der Waals surface area contributed by atoms with Crippen LogP contribution in [0.2, 0.25) is 0 Å². The molecule has 0 saturated heterocycles. The summed E-state index contributed by atoms with van der Waals surface area (Å²) in [7, 11) is 0. The van der Waals surface area contributed by atoms with Gasteiger partial charge in [-0.05, 0) is 120 Å². The maximum atomic E-state index is 10.5. The molecular weight excluding hydrogens is 759 g/mol. The first-order chi connectivity index (χ1) is 30.6. The maximum Gasteiger partial charge on any atom is 0.160 e. The molecule has 10 aromatic rings. The summed E-state index contributed by atoms with van der Waals surface area (Å²) in [4.78, 5) is 12.1. The molecule has 0 spiro atoms. The van der Waals surface area contributed by atoms with Crippen LogP contribution in [0, 0.1) is 34.0 Å². The van der Waals surface area contributed by atoms with Gasteiger partial charge in [0.15, 0.2) is 5.82 Å². The van der Waals surface area contributed by atoms with E-state index in [1.807, 2.05) is 60.7 Å². The van der Waals surface area contributed by atoms with Gasteiger partial charge in [0.05, 0.1) is 57.3 Å². The van der Waals surface area contributed by atoms with E-state index in [4.69, 9.17) is 9.97 Å². The van der Waals surface area contributed by atoms with Crippen LogP contribution in [0.3, 0.4) is 0 Å². The van der Waals surface area contributed by atoms with E-state index in [-0.39, 0.29) is 0 Å². The SMILES string of the molecule is N#Cc1ccc(-c2cc(-c3ccc(-c4ccc(-n5c6ccccc6c6cc(N(c7ccccc7)c7ccccc7)ccc65)cc4)c(C#N)c3)nc(-c3ccc(C#N)cc3)n2)cc1. The lowest BCUT2D eigenvalue weighted by Crippen LogP contribution is -2.09. The number of fused-ring (bicyclic) bond motifs is 3. The van der Waals surface area contributed by atoms with Gasteiger partial charge in [-0.25, -0.2) is 9.97 Å². The molecule has 0 N–H and O–H groups in total. The molecule has 0 unspecified atom stereocenters. The fourth-order valence-electron chi connectivity index (χ4n) is 8.10. The van der Waals surface area contributed by atoms with Crippen LogP contribution in [0.15, 0.2) is 200 Å². The largest absolute Gasteiger partial charge is 0.310 e. The molecule has 2 heterocycles. The summed E-state index contributed by atoms with van der Waals surface area (Å²) in [6, 6.07) is 73.3. The summed E-state index contributed by atoms with van der Waals surface area (Å²) in [6.07, 6.45) is 0. The number of rotatable bonds is 8. The second kappa shape index (κ2) is 15.9. The van der Waals surface area contributed by atoms with Crippen molar-refractivity contribution in [1.29, 1.82) is 15.8 Å². The van der Waals surface area contributed by atoms with Gasteiger partial charge < -0.3 is 9.47 Å². The van der Waals surface area contributed by atoms with E-state index in [2.05, 4.69) is 143 Å². The Morgan fingerprint density at radius 1 is 0.403 bits per heavy atom. The Morgan fingerprint density at radius 3 is 1.58 bits per heavy atom. The van der Waals surface area contributed by atoms with Crippen LogP contribution in [0.25, 0.3) is 72.5 Å². The number of anilines is 3. The van der Waals surface area contributed by atoms with Crippen molar-refractivity contribution in [3.05, 3.63) is 217 Å². The van der Waals surface area contributed by atoms with Gasteiger partial charge in [-0.2, -0.15) is 15.8 Å². The highest BCUT2D eigenvalue weighted by molar-refractivity contribution is 6.10. The van der Waals surface area contributed by atoms with E-state index in [0.717, 1.165) is 72.4 Å². The normalized spacial score (nSPS) is 10.9. The van der Waals surface area contributed by atoms with Gasteiger partial charge in [0.2, 0.25) is 0 Å². The van der Waals surface area contributed by atoms with Crippen LogP contribution in [0.4, 0.5) is 17.1 Å². The first-order valence-electron chi connectivity index (χ1n) is 20.1. The number of nitrogens with zero attached hydrogens (tertiary/aromatic N) is 7. The zero-order chi connectivity index (χ0) is 42.0. The highest BCUT2D eigenvalue weighted by atomic mass is 15.1. The van der Waals surface area contributed by atoms with Crippen molar-refractivity contribution in [2.45, 2.75) is 0 Å². The quantitative estimate of drug-likeness (QED) is 0.152. The molecule has 0 aliphatic carbocycles. The van der Waals surface area contributed by atoms with Crippen LogP contribution >= 0.6 is 0 Å². The van der Waals surface area contributed by atoms with Crippen LogP contribution < -0.4 is 4.90 Å². The van der Waals surface area contributed by atoms with E-state index in [9.17, 15) is 15.8 Å². The Hall–Kier alpha value is -9.09. The van der Waals surface area contributed by atoms with Crippen molar-refractivity contribution in [2.24, 2.45) is 0 Å². The Labute approximate surface area is 358 Å². The van der Waals surface area contributed by atoms with Gasteiger partial charge in [0.1, 0.15) is 0 Å². The number of hydrogen-bond acceptors (Lipinski definition) is 6. The number of nitriles is 3. The molecule has 288 valence electrons. The van der Waals surface area contributed by atoms with Crippen molar-refractivity contribution < 1.29 is 0 Å². The lowest BCUT2D eigenvalue weighted by atomic mass is 9.96. The fourth-order valence-corrected chi connectivity index (χ4v) is 8.10. The van der Waals surface area contributed by atoms with Crippen molar-refractivity contribution in [1.82, 2.24) is 14.5 Å². The van der Waals surface area contributed by atoms with Gasteiger partial charge in [0, 0.05) is 50.2 Å². The van der Waals surface area contributed by atoms with E-state index in [1.165, 1.54) is 0 Å². The monoisotopic (exact) mass is 791 g/mol. The summed E-state index contributed by atoms with van der Waals surface area (Å²) in [6.45, 7) is 0. The number of aromatic nitrogens is 3. The number of benzene rings is 8. The molecule has 10 rings (SSSR count).